The second-order valence-corrected chi connectivity index (χ2v) is 5.19. The van der Waals surface area contributed by atoms with Crippen LogP contribution in [-0.4, -0.2) is 47.5 Å². The summed E-state index contributed by atoms with van der Waals surface area (Å²) in [7, 11) is 0. The van der Waals surface area contributed by atoms with Crippen LogP contribution in [0.5, 0.6) is 0 Å². The maximum absolute atomic E-state index is 12.7. The van der Waals surface area contributed by atoms with Gasteiger partial charge in [-0.2, -0.15) is 0 Å². The zero-order chi connectivity index (χ0) is 14.1. The Balaban J connectivity index is 1.91. The highest BCUT2D eigenvalue weighted by molar-refractivity contribution is 6.04. The van der Waals surface area contributed by atoms with Gasteiger partial charge in [-0.25, -0.2) is 4.98 Å². The van der Waals surface area contributed by atoms with Gasteiger partial charge in [0.25, 0.3) is 5.91 Å². The lowest BCUT2D eigenvalue weighted by molar-refractivity contribution is -0.115. The average molecular weight is 275 g/mol. The maximum Gasteiger partial charge on any atom is 0.254 e. The quantitative estimate of drug-likeness (QED) is 0.824. The van der Waals surface area contributed by atoms with Crippen molar-refractivity contribution < 1.29 is 14.3 Å². The molecule has 3 heterocycles. The summed E-state index contributed by atoms with van der Waals surface area (Å²) in [5.41, 5.74) is 1.28. The average Bonchev–Trinajstić information content (AvgIpc) is 2.68. The van der Waals surface area contributed by atoms with Crippen LogP contribution < -0.4 is 5.32 Å². The molecule has 1 aromatic heterocycles. The van der Waals surface area contributed by atoms with Gasteiger partial charge in [0.15, 0.2) is 0 Å². The monoisotopic (exact) mass is 275 g/mol. The standard InChI is InChI=1S/C14H17N3O3/c1-9-8-20-6-2-5-17(9)14(19)10-3-4-15-13-11(10)7-12(18)16-13/h3-4,9H,2,5-8H2,1H3,(H,15,16,18). The molecule has 1 saturated heterocycles. The highest BCUT2D eigenvalue weighted by atomic mass is 16.5. The van der Waals surface area contributed by atoms with Gasteiger partial charge in [0.05, 0.1) is 19.1 Å². The highest BCUT2D eigenvalue weighted by Gasteiger charge is 2.29. The van der Waals surface area contributed by atoms with E-state index in [1.165, 1.54) is 0 Å². The lowest BCUT2D eigenvalue weighted by Gasteiger charge is -2.27. The van der Waals surface area contributed by atoms with E-state index in [-0.39, 0.29) is 24.3 Å². The molecule has 0 spiro atoms. The van der Waals surface area contributed by atoms with Crippen LogP contribution in [0.4, 0.5) is 5.82 Å². The van der Waals surface area contributed by atoms with Crippen molar-refractivity contribution in [3.05, 3.63) is 23.4 Å². The van der Waals surface area contributed by atoms with E-state index < -0.39 is 0 Å². The molecule has 1 atom stereocenters. The van der Waals surface area contributed by atoms with Crippen LogP contribution in [0.1, 0.15) is 29.3 Å². The summed E-state index contributed by atoms with van der Waals surface area (Å²) in [6.07, 6.45) is 2.63. The fourth-order valence-electron chi connectivity index (χ4n) is 2.67. The predicted octanol–water partition coefficient (Wildman–Crippen LogP) is 0.827. The molecule has 106 valence electrons. The number of carbonyl (C=O) groups excluding carboxylic acids is 2. The molecule has 6 nitrogen and oxygen atoms in total. The van der Waals surface area contributed by atoms with Gasteiger partial charge in [0.1, 0.15) is 5.82 Å². The summed E-state index contributed by atoms with van der Waals surface area (Å²) in [6, 6.07) is 1.73. The topological polar surface area (TPSA) is 71.5 Å². The van der Waals surface area contributed by atoms with Gasteiger partial charge < -0.3 is 15.0 Å². The summed E-state index contributed by atoms with van der Waals surface area (Å²) in [5, 5.41) is 2.67. The maximum atomic E-state index is 12.7. The molecule has 2 aliphatic rings. The molecule has 1 N–H and O–H groups in total. The Morgan fingerprint density at radius 1 is 1.55 bits per heavy atom. The zero-order valence-electron chi connectivity index (χ0n) is 11.4. The van der Waals surface area contributed by atoms with Crippen molar-refractivity contribution in [3.8, 4) is 0 Å². The Morgan fingerprint density at radius 2 is 2.40 bits per heavy atom. The SMILES string of the molecule is CC1COCCCN1C(=O)c1ccnc2c1CC(=O)N2. The van der Waals surface area contributed by atoms with Gasteiger partial charge in [-0.15, -0.1) is 0 Å². The van der Waals surface area contributed by atoms with Crippen molar-refractivity contribution in [1.82, 2.24) is 9.88 Å². The van der Waals surface area contributed by atoms with E-state index in [2.05, 4.69) is 10.3 Å². The molecule has 0 aliphatic carbocycles. The van der Waals surface area contributed by atoms with Crippen LogP contribution >= 0.6 is 0 Å². The van der Waals surface area contributed by atoms with E-state index in [1.807, 2.05) is 11.8 Å². The summed E-state index contributed by atoms with van der Waals surface area (Å²) in [6.45, 7) is 3.89. The van der Waals surface area contributed by atoms with Crippen LogP contribution in [0.3, 0.4) is 0 Å². The van der Waals surface area contributed by atoms with Gasteiger partial charge in [-0.3, -0.25) is 9.59 Å². The lowest BCUT2D eigenvalue weighted by Crippen LogP contribution is -2.40. The normalized spacial score (nSPS) is 22.1. The number of carbonyl (C=O) groups is 2. The Bertz CT molecular complexity index is 559. The minimum atomic E-state index is -0.111. The second kappa shape index (κ2) is 5.20. The molecular formula is C14H17N3O3. The number of nitrogens with one attached hydrogen (secondary N) is 1. The molecule has 0 saturated carbocycles. The number of aromatic nitrogens is 1. The summed E-state index contributed by atoms with van der Waals surface area (Å²) < 4.78 is 5.46. The number of amides is 2. The summed E-state index contributed by atoms with van der Waals surface area (Å²) >= 11 is 0. The molecule has 1 aromatic rings. The molecule has 2 amide bonds. The summed E-state index contributed by atoms with van der Waals surface area (Å²) in [5.74, 6) is 0.359. The minimum absolute atomic E-state index is 0.0406. The first-order valence-electron chi connectivity index (χ1n) is 6.83. The van der Waals surface area contributed by atoms with E-state index in [0.29, 0.717) is 36.7 Å². The first-order chi connectivity index (χ1) is 9.66. The number of hydrogen-bond acceptors (Lipinski definition) is 4. The van der Waals surface area contributed by atoms with Crippen LogP contribution in [0.2, 0.25) is 0 Å². The number of anilines is 1. The zero-order valence-corrected chi connectivity index (χ0v) is 11.4. The van der Waals surface area contributed by atoms with Gasteiger partial charge in [-0.05, 0) is 19.4 Å². The van der Waals surface area contributed by atoms with Crippen molar-refractivity contribution in [2.75, 3.05) is 25.1 Å². The number of nitrogens with zero attached hydrogens (tertiary/aromatic N) is 2. The Labute approximate surface area is 117 Å². The van der Waals surface area contributed by atoms with Crippen molar-refractivity contribution in [2.24, 2.45) is 0 Å². The summed E-state index contributed by atoms with van der Waals surface area (Å²) in [4.78, 5) is 30.1. The molecule has 1 fully saturated rings. The molecule has 0 bridgehead atoms. The molecule has 20 heavy (non-hydrogen) atoms. The van der Waals surface area contributed by atoms with E-state index in [1.54, 1.807) is 12.3 Å². The van der Waals surface area contributed by atoms with E-state index in [0.717, 1.165) is 6.42 Å². The van der Waals surface area contributed by atoms with E-state index >= 15 is 0 Å². The lowest BCUT2D eigenvalue weighted by atomic mass is 10.1. The Hall–Kier alpha value is -1.95. The van der Waals surface area contributed by atoms with Crippen molar-refractivity contribution in [1.29, 1.82) is 0 Å². The van der Waals surface area contributed by atoms with Gasteiger partial charge in [-0.1, -0.05) is 0 Å². The highest BCUT2D eigenvalue weighted by Crippen LogP contribution is 2.25. The first-order valence-corrected chi connectivity index (χ1v) is 6.83. The molecule has 2 aliphatic heterocycles. The molecule has 3 rings (SSSR count). The van der Waals surface area contributed by atoms with Crippen LogP contribution in [0, 0.1) is 0 Å². The van der Waals surface area contributed by atoms with Crippen LogP contribution in [0.15, 0.2) is 12.3 Å². The first kappa shape index (κ1) is 13.1. The Morgan fingerprint density at radius 3 is 3.25 bits per heavy atom. The van der Waals surface area contributed by atoms with Gasteiger partial charge in [0, 0.05) is 30.5 Å². The smallest absolute Gasteiger partial charge is 0.254 e. The third-order valence-electron chi connectivity index (χ3n) is 3.72. The van der Waals surface area contributed by atoms with Crippen molar-refractivity contribution in [3.63, 3.8) is 0 Å². The minimum Gasteiger partial charge on any atom is -0.379 e. The van der Waals surface area contributed by atoms with E-state index in [4.69, 9.17) is 4.74 Å². The number of hydrogen-bond donors (Lipinski definition) is 1. The number of ether oxygens (including phenoxy) is 1. The number of fused-ring (bicyclic) bond motifs is 1. The molecule has 0 aromatic carbocycles. The molecule has 1 unspecified atom stereocenters. The molecule has 0 radical (unpaired) electrons. The largest absolute Gasteiger partial charge is 0.379 e. The van der Waals surface area contributed by atoms with Crippen LogP contribution in [0.25, 0.3) is 0 Å². The molecule has 6 heteroatoms. The molecular weight excluding hydrogens is 258 g/mol. The van der Waals surface area contributed by atoms with E-state index in [9.17, 15) is 9.59 Å². The third kappa shape index (κ3) is 2.27. The van der Waals surface area contributed by atoms with Crippen LogP contribution in [-0.2, 0) is 16.0 Å². The second-order valence-electron chi connectivity index (χ2n) is 5.19. The fraction of sp³-hybridized carbons (Fsp3) is 0.500. The van der Waals surface area contributed by atoms with Crippen molar-refractivity contribution in [2.45, 2.75) is 25.8 Å². The van der Waals surface area contributed by atoms with Crippen molar-refractivity contribution >= 4 is 17.6 Å². The Kier molecular flexibility index (Phi) is 3.40. The number of pyridine rings is 1. The number of rotatable bonds is 1. The fourth-order valence-corrected chi connectivity index (χ4v) is 2.67. The van der Waals surface area contributed by atoms with Gasteiger partial charge in [0.2, 0.25) is 5.91 Å². The predicted molar refractivity (Wildman–Crippen MR) is 72.5 cm³/mol. The van der Waals surface area contributed by atoms with Gasteiger partial charge >= 0.3 is 0 Å². The third-order valence-corrected chi connectivity index (χ3v) is 3.72.